The molecule has 0 bridgehead atoms. The molecule has 0 N–H and O–H groups in total. The number of carbonyl (C=O) groups excluding carboxylic acids is 1. The molecule has 86 valence electrons. The van der Waals surface area contributed by atoms with E-state index in [2.05, 4.69) is 20.9 Å². The predicted molar refractivity (Wildman–Crippen MR) is 66.7 cm³/mol. The number of rotatable bonds is 2. The van der Waals surface area contributed by atoms with Crippen LogP contribution in [0.2, 0.25) is 0 Å². The first-order chi connectivity index (χ1) is 7.70. The van der Waals surface area contributed by atoms with E-state index in [4.69, 9.17) is 11.6 Å². The van der Waals surface area contributed by atoms with Crippen molar-refractivity contribution in [3.8, 4) is 0 Å². The van der Waals surface area contributed by atoms with Crippen LogP contribution in [0, 0.1) is 5.92 Å². The molecule has 0 radical (unpaired) electrons. The van der Waals surface area contributed by atoms with Crippen molar-refractivity contribution in [3.63, 3.8) is 0 Å². The molecule has 3 nitrogen and oxygen atoms in total. The van der Waals surface area contributed by atoms with Crippen LogP contribution in [0.1, 0.15) is 16.9 Å². The molecule has 16 heavy (non-hydrogen) atoms. The lowest BCUT2D eigenvalue weighted by molar-refractivity contribution is 0.0782. The Balaban J connectivity index is 2.05. The highest BCUT2D eigenvalue weighted by molar-refractivity contribution is 9.10. The molecule has 0 saturated carbocycles. The molecule has 1 unspecified atom stereocenters. The zero-order valence-electron chi connectivity index (χ0n) is 8.70. The van der Waals surface area contributed by atoms with Crippen molar-refractivity contribution in [1.82, 2.24) is 9.88 Å². The summed E-state index contributed by atoms with van der Waals surface area (Å²) in [5.41, 5.74) is 0.499. The minimum absolute atomic E-state index is 0.000108. The normalized spacial score (nSPS) is 20.1. The van der Waals surface area contributed by atoms with Gasteiger partial charge in [0.05, 0.1) is 0 Å². The van der Waals surface area contributed by atoms with Crippen LogP contribution >= 0.6 is 27.5 Å². The van der Waals surface area contributed by atoms with Gasteiger partial charge in [0.1, 0.15) is 5.69 Å². The SMILES string of the molecule is O=C(c1ccc(Br)cn1)N1CCC(CCl)C1. The lowest BCUT2D eigenvalue weighted by Gasteiger charge is -2.15. The summed E-state index contributed by atoms with van der Waals surface area (Å²) in [6.45, 7) is 1.54. The second kappa shape index (κ2) is 5.15. The highest BCUT2D eigenvalue weighted by atomic mass is 79.9. The van der Waals surface area contributed by atoms with E-state index in [0.717, 1.165) is 24.0 Å². The van der Waals surface area contributed by atoms with E-state index in [1.54, 1.807) is 12.3 Å². The van der Waals surface area contributed by atoms with Gasteiger partial charge in [-0.25, -0.2) is 4.98 Å². The molecular formula is C11H12BrClN2O. The van der Waals surface area contributed by atoms with Crippen molar-refractivity contribution >= 4 is 33.4 Å². The fourth-order valence-electron chi connectivity index (χ4n) is 1.81. The van der Waals surface area contributed by atoms with E-state index in [0.29, 0.717) is 17.5 Å². The van der Waals surface area contributed by atoms with Gasteiger partial charge in [-0.3, -0.25) is 4.79 Å². The Bertz CT molecular complexity index is 382. The number of likely N-dealkylation sites (tertiary alicyclic amines) is 1. The van der Waals surface area contributed by atoms with Crippen molar-refractivity contribution in [3.05, 3.63) is 28.5 Å². The molecule has 0 spiro atoms. The molecule has 1 aliphatic rings. The Morgan fingerprint density at radius 3 is 3.00 bits per heavy atom. The molecule has 1 saturated heterocycles. The number of hydrogen-bond acceptors (Lipinski definition) is 2. The van der Waals surface area contributed by atoms with Gasteiger partial charge in [0.15, 0.2) is 0 Å². The van der Waals surface area contributed by atoms with E-state index >= 15 is 0 Å². The number of aromatic nitrogens is 1. The quantitative estimate of drug-likeness (QED) is 0.787. The molecule has 1 aromatic rings. The zero-order valence-corrected chi connectivity index (χ0v) is 11.0. The summed E-state index contributed by atoms with van der Waals surface area (Å²) in [7, 11) is 0. The molecule has 1 fully saturated rings. The third-order valence-electron chi connectivity index (χ3n) is 2.74. The number of halogens is 2. The molecule has 1 aromatic heterocycles. The smallest absolute Gasteiger partial charge is 0.272 e. The second-order valence-corrected chi connectivity index (χ2v) is 5.15. The van der Waals surface area contributed by atoms with Crippen molar-refractivity contribution < 1.29 is 4.79 Å². The number of nitrogens with zero attached hydrogens (tertiary/aromatic N) is 2. The molecule has 2 heterocycles. The number of alkyl halides is 1. The summed E-state index contributed by atoms with van der Waals surface area (Å²) in [4.78, 5) is 18.0. The average molecular weight is 304 g/mol. The lowest BCUT2D eigenvalue weighted by Crippen LogP contribution is -2.29. The van der Waals surface area contributed by atoms with E-state index < -0.39 is 0 Å². The average Bonchev–Trinajstić information content (AvgIpc) is 2.77. The van der Waals surface area contributed by atoms with E-state index in [9.17, 15) is 4.79 Å². The van der Waals surface area contributed by atoms with Gasteiger partial charge in [-0.15, -0.1) is 11.6 Å². The van der Waals surface area contributed by atoms with Crippen LogP contribution in [-0.4, -0.2) is 34.8 Å². The fraction of sp³-hybridized carbons (Fsp3) is 0.455. The lowest BCUT2D eigenvalue weighted by atomic mass is 10.2. The molecular weight excluding hydrogens is 291 g/mol. The van der Waals surface area contributed by atoms with Crippen LogP contribution < -0.4 is 0 Å². The van der Waals surface area contributed by atoms with Gasteiger partial charge in [-0.1, -0.05) is 0 Å². The summed E-state index contributed by atoms with van der Waals surface area (Å²) >= 11 is 9.08. The Morgan fingerprint density at radius 1 is 1.62 bits per heavy atom. The third kappa shape index (κ3) is 2.55. The Hall–Kier alpha value is -0.610. The highest BCUT2D eigenvalue weighted by Gasteiger charge is 2.26. The molecule has 5 heteroatoms. The van der Waals surface area contributed by atoms with Gasteiger partial charge in [0.25, 0.3) is 5.91 Å². The maximum atomic E-state index is 12.0. The topological polar surface area (TPSA) is 33.2 Å². The van der Waals surface area contributed by atoms with Gasteiger partial charge in [-0.2, -0.15) is 0 Å². The third-order valence-corrected chi connectivity index (χ3v) is 3.64. The van der Waals surface area contributed by atoms with Crippen molar-refractivity contribution in [2.75, 3.05) is 19.0 Å². The predicted octanol–water partition coefficient (Wildman–Crippen LogP) is 2.55. The first kappa shape index (κ1) is 11.9. The number of hydrogen-bond donors (Lipinski definition) is 0. The van der Waals surface area contributed by atoms with Crippen LogP contribution in [-0.2, 0) is 0 Å². The van der Waals surface area contributed by atoms with Gasteiger partial charge in [-0.05, 0) is 40.4 Å². The second-order valence-electron chi connectivity index (χ2n) is 3.92. The maximum Gasteiger partial charge on any atom is 0.272 e. The Labute approximate surface area is 108 Å². The van der Waals surface area contributed by atoms with E-state index in [1.165, 1.54) is 0 Å². The van der Waals surface area contributed by atoms with Crippen LogP contribution in [0.5, 0.6) is 0 Å². The Kier molecular flexibility index (Phi) is 3.82. The first-order valence-electron chi connectivity index (χ1n) is 5.17. The van der Waals surface area contributed by atoms with Crippen molar-refractivity contribution in [2.45, 2.75) is 6.42 Å². The molecule has 1 atom stereocenters. The van der Waals surface area contributed by atoms with Crippen LogP contribution in [0.25, 0.3) is 0 Å². The fourth-order valence-corrected chi connectivity index (χ4v) is 2.29. The van der Waals surface area contributed by atoms with Crippen LogP contribution in [0.15, 0.2) is 22.8 Å². The highest BCUT2D eigenvalue weighted by Crippen LogP contribution is 2.19. The molecule has 0 aromatic carbocycles. The van der Waals surface area contributed by atoms with Crippen molar-refractivity contribution in [2.24, 2.45) is 5.92 Å². The summed E-state index contributed by atoms with van der Waals surface area (Å²) in [5, 5.41) is 0. The monoisotopic (exact) mass is 302 g/mol. The largest absolute Gasteiger partial charge is 0.337 e. The van der Waals surface area contributed by atoms with E-state index in [1.807, 2.05) is 11.0 Å². The van der Waals surface area contributed by atoms with Gasteiger partial charge in [0.2, 0.25) is 0 Å². The van der Waals surface area contributed by atoms with Gasteiger partial charge >= 0.3 is 0 Å². The van der Waals surface area contributed by atoms with Gasteiger partial charge in [0, 0.05) is 29.6 Å². The standard InChI is InChI=1S/C11H12BrClN2O/c12-9-1-2-10(14-6-9)11(16)15-4-3-8(5-13)7-15/h1-2,6,8H,3-5,7H2. The number of carbonyl (C=O) groups is 1. The molecule has 1 amide bonds. The molecule has 1 aliphatic heterocycles. The first-order valence-corrected chi connectivity index (χ1v) is 6.50. The summed E-state index contributed by atoms with van der Waals surface area (Å²) in [6, 6.07) is 3.57. The number of pyridine rings is 1. The zero-order chi connectivity index (χ0) is 11.5. The molecule has 2 rings (SSSR count). The molecule has 0 aliphatic carbocycles. The minimum Gasteiger partial charge on any atom is -0.337 e. The van der Waals surface area contributed by atoms with Gasteiger partial charge < -0.3 is 4.90 Å². The maximum absolute atomic E-state index is 12.0. The minimum atomic E-state index is 0.000108. The summed E-state index contributed by atoms with van der Waals surface area (Å²) in [6.07, 6.45) is 2.63. The van der Waals surface area contributed by atoms with E-state index in [-0.39, 0.29) is 5.91 Å². The number of amides is 1. The summed E-state index contributed by atoms with van der Waals surface area (Å²) in [5.74, 6) is 1.05. The van der Waals surface area contributed by atoms with Crippen LogP contribution in [0.4, 0.5) is 0 Å². The van der Waals surface area contributed by atoms with Crippen LogP contribution in [0.3, 0.4) is 0 Å². The Morgan fingerprint density at radius 2 is 2.44 bits per heavy atom. The van der Waals surface area contributed by atoms with Crippen molar-refractivity contribution in [1.29, 1.82) is 0 Å². The summed E-state index contributed by atoms with van der Waals surface area (Å²) < 4.78 is 0.879.